The second kappa shape index (κ2) is 7.06. The van der Waals surface area contributed by atoms with Crippen LogP contribution in [0.2, 0.25) is 5.02 Å². The van der Waals surface area contributed by atoms with E-state index in [1.165, 1.54) is 6.20 Å². The van der Waals surface area contributed by atoms with E-state index in [-0.39, 0.29) is 18.2 Å². The lowest BCUT2D eigenvalue weighted by Gasteiger charge is -2.09. The summed E-state index contributed by atoms with van der Waals surface area (Å²) in [4.78, 5) is 11.8. The highest BCUT2D eigenvalue weighted by molar-refractivity contribution is 6.32. The molecule has 0 amide bonds. The van der Waals surface area contributed by atoms with Gasteiger partial charge in [0.25, 0.3) is 5.56 Å². The fraction of sp³-hybridized carbons (Fsp3) is 0.417. The first-order valence-electron chi connectivity index (χ1n) is 6.30. The molecule has 0 bridgehead atoms. The first-order chi connectivity index (χ1) is 9.72. The quantitative estimate of drug-likeness (QED) is 0.731. The molecule has 7 nitrogen and oxygen atoms in total. The number of anilines is 1. The van der Waals surface area contributed by atoms with Crippen LogP contribution in [0.1, 0.15) is 6.42 Å². The first-order valence-corrected chi connectivity index (χ1v) is 6.68. The molecular formula is C12H16ClN5O2. The largest absolute Gasteiger partial charge is 0.394 e. The lowest BCUT2D eigenvalue weighted by molar-refractivity contribution is 0.266. The Morgan fingerprint density at radius 3 is 2.90 bits per heavy atom. The van der Waals surface area contributed by atoms with Gasteiger partial charge in [-0.3, -0.25) is 9.48 Å². The van der Waals surface area contributed by atoms with E-state index in [1.807, 2.05) is 16.9 Å². The zero-order valence-electron chi connectivity index (χ0n) is 10.9. The maximum absolute atomic E-state index is 11.8. The first kappa shape index (κ1) is 14.5. The van der Waals surface area contributed by atoms with Crippen molar-refractivity contribution >= 4 is 17.3 Å². The smallest absolute Gasteiger partial charge is 0.287 e. The number of halogens is 1. The standard InChI is InChI=1S/C12H16ClN5O2/c13-11-10(9-16-18(7-8-19)12(11)20)14-3-1-5-17-6-2-4-15-17/h2,4,6,9,14,19H,1,3,5,7-8H2. The maximum atomic E-state index is 11.8. The van der Waals surface area contributed by atoms with Crippen LogP contribution < -0.4 is 10.9 Å². The van der Waals surface area contributed by atoms with Gasteiger partial charge >= 0.3 is 0 Å². The summed E-state index contributed by atoms with van der Waals surface area (Å²) in [6.07, 6.45) is 5.96. The molecule has 2 rings (SSSR count). The van der Waals surface area contributed by atoms with E-state index < -0.39 is 5.56 Å². The molecule has 8 heteroatoms. The third-order valence-electron chi connectivity index (χ3n) is 2.74. The highest BCUT2D eigenvalue weighted by Gasteiger charge is 2.08. The number of nitrogens with one attached hydrogen (secondary N) is 1. The molecule has 2 aromatic rings. The third kappa shape index (κ3) is 3.58. The van der Waals surface area contributed by atoms with Crippen LogP contribution in [-0.4, -0.2) is 37.8 Å². The van der Waals surface area contributed by atoms with Gasteiger partial charge in [0.1, 0.15) is 5.02 Å². The van der Waals surface area contributed by atoms with Crippen LogP contribution in [0.5, 0.6) is 0 Å². The number of nitrogens with zero attached hydrogens (tertiary/aromatic N) is 4. The number of rotatable bonds is 7. The van der Waals surface area contributed by atoms with Crippen molar-refractivity contribution in [3.8, 4) is 0 Å². The molecule has 20 heavy (non-hydrogen) atoms. The summed E-state index contributed by atoms with van der Waals surface area (Å²) < 4.78 is 2.97. The topological polar surface area (TPSA) is 85.0 Å². The third-order valence-corrected chi connectivity index (χ3v) is 3.10. The lowest BCUT2D eigenvalue weighted by atomic mass is 10.4. The molecule has 2 aromatic heterocycles. The van der Waals surface area contributed by atoms with Crippen molar-refractivity contribution < 1.29 is 5.11 Å². The van der Waals surface area contributed by atoms with E-state index in [0.29, 0.717) is 12.2 Å². The SMILES string of the molecule is O=c1c(Cl)c(NCCCn2cccn2)cnn1CCO. The van der Waals surface area contributed by atoms with Crippen molar-refractivity contribution in [2.45, 2.75) is 19.5 Å². The molecule has 2 heterocycles. The van der Waals surface area contributed by atoms with Gasteiger partial charge < -0.3 is 10.4 Å². The Kier molecular flexibility index (Phi) is 5.14. The Morgan fingerprint density at radius 1 is 1.35 bits per heavy atom. The zero-order chi connectivity index (χ0) is 14.4. The average molecular weight is 298 g/mol. The van der Waals surface area contributed by atoms with Crippen LogP contribution in [0.15, 0.2) is 29.5 Å². The van der Waals surface area contributed by atoms with E-state index in [1.54, 1.807) is 6.20 Å². The van der Waals surface area contributed by atoms with E-state index >= 15 is 0 Å². The number of aliphatic hydroxyl groups is 1. The van der Waals surface area contributed by atoms with E-state index in [4.69, 9.17) is 16.7 Å². The van der Waals surface area contributed by atoms with Crippen LogP contribution in [0.25, 0.3) is 0 Å². The van der Waals surface area contributed by atoms with E-state index in [2.05, 4.69) is 15.5 Å². The molecule has 2 N–H and O–H groups in total. The Bertz CT molecular complexity index is 596. The minimum atomic E-state index is -0.405. The fourth-order valence-corrected chi connectivity index (χ4v) is 1.95. The van der Waals surface area contributed by atoms with Gasteiger partial charge in [-0.2, -0.15) is 10.2 Å². The second-order valence-corrected chi connectivity index (χ2v) is 4.55. The Morgan fingerprint density at radius 2 is 2.20 bits per heavy atom. The Hall–Kier alpha value is -1.86. The molecule has 0 aromatic carbocycles. The van der Waals surface area contributed by atoms with Gasteiger partial charge in [0.2, 0.25) is 0 Å². The molecule has 0 saturated heterocycles. The molecule has 0 saturated carbocycles. The van der Waals surface area contributed by atoms with Crippen molar-refractivity contribution in [3.63, 3.8) is 0 Å². The van der Waals surface area contributed by atoms with Crippen molar-refractivity contribution in [1.29, 1.82) is 0 Å². The molecule has 0 atom stereocenters. The molecular weight excluding hydrogens is 282 g/mol. The van der Waals surface area contributed by atoms with Crippen LogP contribution in [-0.2, 0) is 13.1 Å². The predicted octanol–water partition coefficient (Wildman–Crippen LogP) is 0.588. The normalized spacial score (nSPS) is 10.7. The minimum Gasteiger partial charge on any atom is -0.394 e. The molecule has 108 valence electrons. The van der Waals surface area contributed by atoms with Gasteiger partial charge in [-0.1, -0.05) is 11.6 Å². The van der Waals surface area contributed by atoms with Crippen LogP contribution >= 0.6 is 11.6 Å². The fourth-order valence-electron chi connectivity index (χ4n) is 1.74. The van der Waals surface area contributed by atoms with Gasteiger partial charge in [0, 0.05) is 25.5 Å². The number of hydrogen-bond donors (Lipinski definition) is 2. The molecule has 0 aliphatic carbocycles. The summed E-state index contributed by atoms with van der Waals surface area (Å²) in [6, 6.07) is 1.87. The van der Waals surface area contributed by atoms with Crippen LogP contribution in [0, 0.1) is 0 Å². The summed E-state index contributed by atoms with van der Waals surface area (Å²) in [5.41, 5.74) is 0.101. The summed E-state index contributed by atoms with van der Waals surface area (Å²) in [7, 11) is 0. The average Bonchev–Trinajstić information content (AvgIpc) is 2.95. The van der Waals surface area contributed by atoms with Gasteiger partial charge in [-0.15, -0.1) is 0 Å². The van der Waals surface area contributed by atoms with Gasteiger partial charge in [-0.05, 0) is 12.5 Å². The molecule has 0 aliphatic heterocycles. The van der Waals surface area contributed by atoms with Gasteiger partial charge in [-0.25, -0.2) is 4.68 Å². The Balaban J connectivity index is 1.89. The van der Waals surface area contributed by atoms with Crippen LogP contribution in [0.4, 0.5) is 5.69 Å². The van der Waals surface area contributed by atoms with E-state index in [0.717, 1.165) is 17.6 Å². The van der Waals surface area contributed by atoms with E-state index in [9.17, 15) is 4.79 Å². The lowest BCUT2D eigenvalue weighted by Crippen LogP contribution is -2.25. The number of aromatic nitrogens is 4. The molecule has 0 fully saturated rings. The molecule has 0 radical (unpaired) electrons. The minimum absolute atomic E-state index is 0.0903. The summed E-state index contributed by atoms with van der Waals surface area (Å²) in [6.45, 7) is 1.43. The van der Waals surface area contributed by atoms with Crippen molar-refractivity contribution in [3.05, 3.63) is 40.0 Å². The highest BCUT2D eigenvalue weighted by Crippen LogP contribution is 2.14. The van der Waals surface area contributed by atoms with Crippen molar-refractivity contribution in [2.75, 3.05) is 18.5 Å². The van der Waals surface area contributed by atoms with Crippen molar-refractivity contribution in [1.82, 2.24) is 19.6 Å². The molecule has 0 aliphatic rings. The molecule has 0 spiro atoms. The molecule has 0 unspecified atom stereocenters. The summed E-state index contributed by atoms with van der Waals surface area (Å²) in [5.74, 6) is 0. The predicted molar refractivity (Wildman–Crippen MR) is 75.9 cm³/mol. The Labute approximate surface area is 120 Å². The summed E-state index contributed by atoms with van der Waals surface area (Å²) in [5, 5.41) is 20.0. The monoisotopic (exact) mass is 297 g/mol. The van der Waals surface area contributed by atoms with Gasteiger partial charge in [0.15, 0.2) is 0 Å². The second-order valence-electron chi connectivity index (χ2n) is 4.17. The van der Waals surface area contributed by atoms with Gasteiger partial charge in [0.05, 0.1) is 25.0 Å². The summed E-state index contributed by atoms with van der Waals surface area (Å²) >= 11 is 5.98. The van der Waals surface area contributed by atoms with Crippen molar-refractivity contribution in [2.24, 2.45) is 0 Å². The van der Waals surface area contributed by atoms with Crippen LogP contribution in [0.3, 0.4) is 0 Å². The maximum Gasteiger partial charge on any atom is 0.287 e. The number of aryl methyl sites for hydroxylation is 1. The highest BCUT2D eigenvalue weighted by atomic mass is 35.5. The number of hydrogen-bond acceptors (Lipinski definition) is 5. The number of aliphatic hydroxyl groups excluding tert-OH is 1. The zero-order valence-corrected chi connectivity index (χ0v) is 11.6.